The van der Waals surface area contributed by atoms with Gasteiger partial charge < -0.3 is 9.47 Å². The summed E-state index contributed by atoms with van der Waals surface area (Å²) >= 11 is 3.32. The van der Waals surface area contributed by atoms with Crippen molar-refractivity contribution in [2.45, 2.75) is 6.61 Å². The van der Waals surface area contributed by atoms with Crippen LogP contribution >= 0.6 is 15.9 Å². The lowest BCUT2D eigenvalue weighted by molar-refractivity contribution is -0.119. The quantitative estimate of drug-likeness (QED) is 0.307. The molecule has 0 aromatic heterocycles. The maximum absolute atomic E-state index is 12.4. The molecule has 0 unspecified atom stereocenters. The van der Waals surface area contributed by atoms with Crippen LogP contribution in [-0.4, -0.2) is 40.4 Å². The summed E-state index contributed by atoms with van der Waals surface area (Å²) in [6.45, 7) is -0.0244. The first kappa shape index (κ1) is 25.3. The fourth-order valence-electron chi connectivity index (χ4n) is 3.00. The molecule has 8 nitrogen and oxygen atoms in total. The highest BCUT2D eigenvalue weighted by molar-refractivity contribution is 9.10. The third-order valence-electron chi connectivity index (χ3n) is 4.64. The van der Waals surface area contributed by atoms with Crippen LogP contribution in [0, 0.1) is 0 Å². The minimum absolute atomic E-state index is 0.361. The van der Waals surface area contributed by atoms with Crippen molar-refractivity contribution in [2.24, 2.45) is 5.10 Å². The molecule has 0 saturated carbocycles. The first-order valence-electron chi connectivity index (χ1n) is 10.2. The van der Waals surface area contributed by atoms with Crippen LogP contribution < -0.4 is 19.2 Å². The third kappa shape index (κ3) is 7.06. The number of benzene rings is 3. The van der Waals surface area contributed by atoms with E-state index in [1.165, 1.54) is 13.3 Å². The average Bonchev–Trinajstić information content (AvgIpc) is 2.82. The Morgan fingerprint density at radius 3 is 2.44 bits per heavy atom. The lowest BCUT2D eigenvalue weighted by atomic mass is 10.2. The van der Waals surface area contributed by atoms with Crippen LogP contribution in [0.3, 0.4) is 0 Å². The third-order valence-corrected chi connectivity index (χ3v) is 6.43. The number of anilines is 1. The van der Waals surface area contributed by atoms with E-state index >= 15 is 0 Å². The number of nitrogens with one attached hydrogen (secondary N) is 1. The normalized spacial score (nSPS) is 11.3. The van der Waals surface area contributed by atoms with Gasteiger partial charge in [-0.25, -0.2) is 13.8 Å². The summed E-state index contributed by atoms with van der Waals surface area (Å²) in [5.41, 5.74) is 4.41. The van der Waals surface area contributed by atoms with Crippen LogP contribution in [0.25, 0.3) is 0 Å². The van der Waals surface area contributed by atoms with Gasteiger partial charge in [0.05, 0.1) is 25.3 Å². The van der Waals surface area contributed by atoms with Crippen molar-refractivity contribution >= 4 is 43.8 Å². The van der Waals surface area contributed by atoms with Gasteiger partial charge in [0, 0.05) is 4.47 Å². The average molecular weight is 546 g/mol. The van der Waals surface area contributed by atoms with Crippen molar-refractivity contribution in [3.63, 3.8) is 0 Å². The molecular weight excluding hydrogens is 522 g/mol. The number of carbonyl (C=O) groups is 1. The van der Waals surface area contributed by atoms with Crippen molar-refractivity contribution in [2.75, 3.05) is 24.2 Å². The van der Waals surface area contributed by atoms with Crippen molar-refractivity contribution < 1.29 is 22.7 Å². The predicted molar refractivity (Wildman–Crippen MR) is 136 cm³/mol. The smallest absolute Gasteiger partial charge is 0.260 e. The molecule has 0 spiro atoms. The summed E-state index contributed by atoms with van der Waals surface area (Å²) in [5.74, 6) is 0.500. The second kappa shape index (κ2) is 11.7. The van der Waals surface area contributed by atoms with Crippen LogP contribution in [0.4, 0.5) is 5.69 Å². The zero-order chi connectivity index (χ0) is 24.6. The molecule has 0 heterocycles. The summed E-state index contributed by atoms with van der Waals surface area (Å²) in [5, 5.41) is 3.94. The number of carbonyl (C=O) groups excluding carboxylic acids is 1. The number of ether oxygens (including phenoxy) is 2. The molecule has 0 fully saturated rings. The van der Waals surface area contributed by atoms with Crippen molar-refractivity contribution in [1.82, 2.24) is 5.43 Å². The second-order valence-electron chi connectivity index (χ2n) is 7.20. The van der Waals surface area contributed by atoms with Crippen LogP contribution in [0.1, 0.15) is 11.1 Å². The molecule has 1 amide bonds. The minimum Gasteiger partial charge on any atom is -0.493 e. The number of hydrogen-bond donors (Lipinski definition) is 1. The number of hydrogen-bond acceptors (Lipinski definition) is 6. The molecule has 3 aromatic rings. The van der Waals surface area contributed by atoms with E-state index in [0.29, 0.717) is 33.8 Å². The van der Waals surface area contributed by atoms with E-state index in [9.17, 15) is 13.2 Å². The number of halogens is 1. The standard InChI is InChI=1S/C24H24BrN3O5S/c1-32-23-14-19(12-13-22(23)33-17-18-8-4-3-5-9-18)15-26-27-24(29)16-28(34(2,30)31)21-11-7-6-10-20(21)25/h3-15H,16-17H2,1-2H3,(H,27,29)/b26-15-. The fraction of sp³-hybridized carbons (Fsp3) is 0.167. The van der Waals surface area contributed by atoms with Crippen molar-refractivity contribution in [1.29, 1.82) is 0 Å². The van der Waals surface area contributed by atoms with E-state index in [4.69, 9.17) is 9.47 Å². The molecule has 3 rings (SSSR count). The van der Waals surface area contributed by atoms with Gasteiger partial charge in [-0.3, -0.25) is 9.10 Å². The molecule has 0 aliphatic heterocycles. The molecule has 10 heteroatoms. The number of nitrogens with zero attached hydrogens (tertiary/aromatic N) is 2. The Hall–Kier alpha value is -3.37. The SMILES string of the molecule is COc1cc(/C=N\NC(=O)CN(c2ccccc2Br)S(C)(=O)=O)ccc1OCc1ccccc1. The molecule has 178 valence electrons. The number of amides is 1. The van der Waals surface area contributed by atoms with E-state index < -0.39 is 22.5 Å². The Labute approximate surface area is 207 Å². The number of sulfonamides is 1. The summed E-state index contributed by atoms with van der Waals surface area (Å²) in [6, 6.07) is 21.8. The molecule has 0 radical (unpaired) electrons. The van der Waals surface area contributed by atoms with Gasteiger partial charge in [-0.05, 0) is 57.4 Å². The first-order valence-corrected chi connectivity index (χ1v) is 12.8. The Balaban J connectivity index is 1.63. The van der Waals surface area contributed by atoms with Crippen molar-refractivity contribution in [3.8, 4) is 11.5 Å². The van der Waals surface area contributed by atoms with Gasteiger partial charge in [-0.1, -0.05) is 42.5 Å². The van der Waals surface area contributed by atoms with Crippen LogP contribution in [0.15, 0.2) is 82.4 Å². The molecule has 0 aliphatic carbocycles. The van der Waals surface area contributed by atoms with Gasteiger partial charge >= 0.3 is 0 Å². The number of rotatable bonds is 10. The summed E-state index contributed by atoms with van der Waals surface area (Å²) in [4.78, 5) is 12.4. The Bertz CT molecular complexity index is 1270. The molecule has 34 heavy (non-hydrogen) atoms. The summed E-state index contributed by atoms with van der Waals surface area (Å²) in [7, 11) is -2.16. The molecule has 0 saturated heterocycles. The van der Waals surface area contributed by atoms with E-state index in [1.807, 2.05) is 30.3 Å². The highest BCUT2D eigenvalue weighted by Crippen LogP contribution is 2.29. The maximum Gasteiger partial charge on any atom is 0.260 e. The van der Waals surface area contributed by atoms with Crippen LogP contribution in [-0.2, 0) is 21.4 Å². The van der Waals surface area contributed by atoms with Gasteiger partial charge in [0.15, 0.2) is 11.5 Å². The monoisotopic (exact) mass is 545 g/mol. The lowest BCUT2D eigenvalue weighted by Gasteiger charge is -2.22. The highest BCUT2D eigenvalue weighted by Gasteiger charge is 2.22. The number of para-hydroxylation sites is 1. The summed E-state index contributed by atoms with van der Waals surface area (Å²) < 4.78 is 37.2. The van der Waals surface area contributed by atoms with Crippen molar-refractivity contribution in [3.05, 3.63) is 88.4 Å². The van der Waals surface area contributed by atoms with E-state index in [2.05, 4.69) is 26.5 Å². The van der Waals surface area contributed by atoms with Gasteiger partial charge in [-0.2, -0.15) is 5.10 Å². The highest BCUT2D eigenvalue weighted by atomic mass is 79.9. The Morgan fingerprint density at radius 1 is 1.06 bits per heavy atom. The fourth-order valence-corrected chi connectivity index (χ4v) is 4.48. The van der Waals surface area contributed by atoms with Gasteiger partial charge in [0.1, 0.15) is 13.2 Å². The predicted octanol–water partition coefficient (Wildman–Crippen LogP) is 3.95. The van der Waals surface area contributed by atoms with Gasteiger partial charge in [-0.15, -0.1) is 0 Å². The van der Waals surface area contributed by atoms with Crippen LogP contribution in [0.5, 0.6) is 11.5 Å². The minimum atomic E-state index is -3.69. The molecule has 0 bridgehead atoms. The Morgan fingerprint density at radius 2 is 1.76 bits per heavy atom. The molecule has 0 atom stereocenters. The summed E-state index contributed by atoms with van der Waals surface area (Å²) in [6.07, 6.45) is 2.47. The topological polar surface area (TPSA) is 97.3 Å². The maximum atomic E-state index is 12.4. The Kier molecular flexibility index (Phi) is 8.67. The van der Waals surface area contributed by atoms with Gasteiger partial charge in [0.2, 0.25) is 10.0 Å². The zero-order valence-electron chi connectivity index (χ0n) is 18.6. The molecule has 1 N–H and O–H groups in total. The van der Waals surface area contributed by atoms with E-state index in [-0.39, 0.29) is 0 Å². The van der Waals surface area contributed by atoms with E-state index in [1.54, 1.807) is 42.5 Å². The molecule has 0 aliphatic rings. The van der Waals surface area contributed by atoms with E-state index in [0.717, 1.165) is 16.1 Å². The second-order valence-corrected chi connectivity index (χ2v) is 9.96. The number of methoxy groups -OCH3 is 1. The lowest BCUT2D eigenvalue weighted by Crippen LogP contribution is -2.39. The largest absolute Gasteiger partial charge is 0.493 e. The zero-order valence-corrected chi connectivity index (χ0v) is 21.0. The van der Waals surface area contributed by atoms with Crippen LogP contribution in [0.2, 0.25) is 0 Å². The molecular formula is C24H24BrN3O5S. The molecule has 3 aromatic carbocycles. The van der Waals surface area contributed by atoms with Gasteiger partial charge in [0.25, 0.3) is 5.91 Å². The number of hydrazone groups is 1. The first-order chi connectivity index (χ1) is 16.3.